The molecule has 1 fully saturated rings. The van der Waals surface area contributed by atoms with Crippen molar-refractivity contribution < 1.29 is 19.1 Å². The van der Waals surface area contributed by atoms with Crippen molar-refractivity contribution in [3.8, 4) is 11.5 Å². The van der Waals surface area contributed by atoms with E-state index in [-0.39, 0.29) is 23.7 Å². The van der Waals surface area contributed by atoms with Gasteiger partial charge in [0.05, 0.1) is 25.2 Å². The van der Waals surface area contributed by atoms with Crippen molar-refractivity contribution in [1.29, 1.82) is 0 Å². The summed E-state index contributed by atoms with van der Waals surface area (Å²) in [6.07, 6.45) is 1.53. The lowest BCUT2D eigenvalue weighted by Crippen LogP contribution is -2.41. The Morgan fingerprint density at radius 3 is 1.85 bits per heavy atom. The predicted octanol–water partition coefficient (Wildman–Crippen LogP) is 6.15. The molecule has 0 unspecified atom stereocenters. The number of methoxy groups -OCH3 is 1. The molecule has 2 bridgehead atoms. The topological polar surface area (TPSA) is 68.2 Å². The van der Waals surface area contributed by atoms with Crippen LogP contribution in [0.25, 0.3) is 0 Å². The molecule has 4 aliphatic rings. The van der Waals surface area contributed by atoms with Crippen LogP contribution in [0.1, 0.15) is 45.2 Å². The molecule has 1 saturated heterocycles. The van der Waals surface area contributed by atoms with Crippen LogP contribution in [0.15, 0.2) is 96.1 Å². The Morgan fingerprint density at radius 2 is 1.32 bits per heavy atom. The lowest BCUT2D eigenvalue weighted by atomic mass is 9.55. The molecular formula is C33H25ClN2O4. The smallest absolute Gasteiger partial charge is 0.254 e. The van der Waals surface area contributed by atoms with E-state index in [1.54, 1.807) is 19.2 Å². The minimum atomic E-state index is -0.461. The second kappa shape index (κ2) is 9.65. The first-order valence-corrected chi connectivity index (χ1v) is 13.6. The number of benzene rings is 4. The molecule has 40 heavy (non-hydrogen) atoms. The van der Waals surface area contributed by atoms with E-state index >= 15 is 0 Å². The van der Waals surface area contributed by atoms with Gasteiger partial charge in [-0.25, -0.2) is 0 Å². The molecule has 8 rings (SSSR count). The second-order valence-electron chi connectivity index (χ2n) is 10.3. The van der Waals surface area contributed by atoms with Gasteiger partial charge in [0.25, 0.3) is 11.8 Å². The highest BCUT2D eigenvalue weighted by molar-refractivity contribution is 6.30. The first kappa shape index (κ1) is 24.6. The number of nitrogens with zero attached hydrogens (tertiary/aromatic N) is 2. The number of rotatable bonds is 6. The van der Waals surface area contributed by atoms with Crippen LogP contribution in [0.4, 0.5) is 0 Å². The average molecular weight is 549 g/mol. The molecule has 4 aromatic rings. The van der Waals surface area contributed by atoms with Gasteiger partial charge in [0.1, 0.15) is 6.61 Å². The molecule has 6 nitrogen and oxygen atoms in total. The first-order chi connectivity index (χ1) is 19.5. The molecule has 198 valence electrons. The quantitative estimate of drug-likeness (QED) is 0.214. The summed E-state index contributed by atoms with van der Waals surface area (Å²) in [6.45, 7) is 0.355. The van der Waals surface area contributed by atoms with Gasteiger partial charge in [-0.05, 0) is 63.7 Å². The van der Waals surface area contributed by atoms with Crippen LogP contribution in [-0.2, 0) is 16.2 Å². The van der Waals surface area contributed by atoms with E-state index in [9.17, 15) is 9.59 Å². The van der Waals surface area contributed by atoms with E-state index < -0.39 is 11.8 Å². The molecule has 3 aliphatic carbocycles. The molecule has 1 aliphatic heterocycles. The summed E-state index contributed by atoms with van der Waals surface area (Å²) in [7, 11) is 1.56. The maximum Gasteiger partial charge on any atom is 0.254 e. The highest BCUT2D eigenvalue weighted by Gasteiger charge is 2.61. The summed E-state index contributed by atoms with van der Waals surface area (Å²) < 4.78 is 11.5. The van der Waals surface area contributed by atoms with Crippen LogP contribution < -0.4 is 9.47 Å². The van der Waals surface area contributed by atoms with Crippen molar-refractivity contribution in [1.82, 2.24) is 5.01 Å². The third-order valence-corrected chi connectivity index (χ3v) is 8.49. The largest absolute Gasteiger partial charge is 0.493 e. The van der Waals surface area contributed by atoms with Gasteiger partial charge in [0.15, 0.2) is 11.5 Å². The summed E-state index contributed by atoms with van der Waals surface area (Å²) >= 11 is 5.97. The molecule has 4 aromatic carbocycles. The van der Waals surface area contributed by atoms with E-state index in [4.69, 9.17) is 21.1 Å². The lowest BCUT2D eigenvalue weighted by molar-refractivity contribution is -0.139. The van der Waals surface area contributed by atoms with Crippen LogP contribution in [0, 0.1) is 11.8 Å². The van der Waals surface area contributed by atoms with Crippen molar-refractivity contribution in [2.24, 2.45) is 16.9 Å². The maximum atomic E-state index is 13.7. The van der Waals surface area contributed by atoms with Gasteiger partial charge in [0, 0.05) is 16.9 Å². The van der Waals surface area contributed by atoms with Crippen molar-refractivity contribution in [2.45, 2.75) is 18.4 Å². The Morgan fingerprint density at radius 1 is 0.775 bits per heavy atom. The molecule has 0 N–H and O–H groups in total. The zero-order chi connectivity index (χ0) is 27.4. The number of carbonyl (C=O) groups excluding carboxylic acids is 2. The number of halogens is 1. The fraction of sp³-hybridized carbons (Fsp3) is 0.182. The van der Waals surface area contributed by atoms with Crippen molar-refractivity contribution in [3.63, 3.8) is 0 Å². The summed E-state index contributed by atoms with van der Waals surface area (Å²) in [5.41, 5.74) is 6.21. The Hall–Kier alpha value is -4.42. The van der Waals surface area contributed by atoms with Gasteiger partial charge in [0.2, 0.25) is 0 Å². The minimum absolute atomic E-state index is 0.156. The number of hydrogen-bond donors (Lipinski definition) is 0. The first-order valence-electron chi connectivity index (χ1n) is 13.2. The summed E-state index contributed by atoms with van der Waals surface area (Å²) in [5, 5.41) is 6.15. The normalized spacial score (nSPS) is 22.3. The van der Waals surface area contributed by atoms with Gasteiger partial charge < -0.3 is 9.47 Å². The molecule has 0 aromatic heterocycles. The molecule has 0 saturated carbocycles. The number of amides is 2. The Labute approximate surface area is 236 Å². The summed E-state index contributed by atoms with van der Waals surface area (Å²) in [6, 6.07) is 29.2. The third kappa shape index (κ3) is 3.82. The number of imide groups is 1. The Bertz CT molecular complexity index is 1570. The Kier molecular flexibility index (Phi) is 5.93. The predicted molar refractivity (Wildman–Crippen MR) is 152 cm³/mol. The van der Waals surface area contributed by atoms with Gasteiger partial charge in [-0.2, -0.15) is 10.1 Å². The molecule has 7 heteroatoms. The second-order valence-corrected chi connectivity index (χ2v) is 10.8. The lowest BCUT2D eigenvalue weighted by Gasteiger charge is -2.45. The zero-order valence-corrected chi connectivity index (χ0v) is 22.4. The molecule has 2 atom stereocenters. The van der Waals surface area contributed by atoms with E-state index in [0.29, 0.717) is 28.7 Å². The molecule has 0 radical (unpaired) electrons. The summed E-state index contributed by atoms with van der Waals surface area (Å²) in [4.78, 5) is 27.5. The van der Waals surface area contributed by atoms with E-state index in [1.165, 1.54) is 6.21 Å². The molecule has 0 spiro atoms. The zero-order valence-electron chi connectivity index (χ0n) is 21.7. The van der Waals surface area contributed by atoms with Crippen molar-refractivity contribution >= 4 is 29.6 Å². The number of hydrogen-bond acceptors (Lipinski definition) is 5. The summed E-state index contributed by atoms with van der Waals surface area (Å²) in [5.74, 6) is -0.640. The monoisotopic (exact) mass is 548 g/mol. The highest BCUT2D eigenvalue weighted by atomic mass is 35.5. The SMILES string of the molecule is COc1cc(/C=N\N2C(=O)[C@@H]3C4c5ccccc5C(c5ccccc54)[C@H]3C2=O)ccc1OCc1ccc(Cl)cc1. The number of hydrazone groups is 1. The highest BCUT2D eigenvalue weighted by Crippen LogP contribution is 2.60. The Balaban J connectivity index is 1.15. The average Bonchev–Trinajstić information content (AvgIpc) is 3.25. The minimum Gasteiger partial charge on any atom is -0.493 e. The van der Waals surface area contributed by atoms with Crippen LogP contribution in [0.2, 0.25) is 5.02 Å². The molecular weight excluding hydrogens is 524 g/mol. The van der Waals surface area contributed by atoms with Gasteiger partial charge in [-0.1, -0.05) is 72.3 Å². The van der Waals surface area contributed by atoms with Gasteiger partial charge in [-0.3, -0.25) is 9.59 Å². The van der Waals surface area contributed by atoms with Crippen LogP contribution >= 0.6 is 11.6 Å². The molecule has 2 amide bonds. The van der Waals surface area contributed by atoms with E-state index in [0.717, 1.165) is 32.8 Å². The van der Waals surface area contributed by atoms with Crippen LogP contribution in [0.3, 0.4) is 0 Å². The standard InChI is InChI=1S/C33H25ClN2O4/c1-39-27-16-20(12-15-26(27)40-18-19-10-13-21(34)14-11-19)17-35-36-32(37)30-28-22-6-2-3-7-23(22)29(31(30)33(36)38)25-9-5-4-8-24(25)28/h2-17,28-31H,18H2,1H3/b35-17-/t28?,29?,30-,31-/m1/s1. The number of carbonyl (C=O) groups is 2. The van der Waals surface area contributed by atoms with Crippen LogP contribution in [-0.4, -0.2) is 30.1 Å². The third-order valence-electron chi connectivity index (χ3n) is 8.24. The molecule has 1 heterocycles. The van der Waals surface area contributed by atoms with Gasteiger partial charge >= 0.3 is 0 Å². The maximum absolute atomic E-state index is 13.7. The number of ether oxygens (including phenoxy) is 2. The van der Waals surface area contributed by atoms with Crippen molar-refractivity contribution in [2.75, 3.05) is 7.11 Å². The van der Waals surface area contributed by atoms with E-state index in [2.05, 4.69) is 29.4 Å². The fourth-order valence-corrected chi connectivity index (χ4v) is 6.65. The van der Waals surface area contributed by atoms with Gasteiger partial charge in [-0.15, -0.1) is 0 Å². The van der Waals surface area contributed by atoms with Crippen molar-refractivity contribution in [3.05, 3.63) is 129 Å². The fourth-order valence-electron chi connectivity index (χ4n) is 6.53. The van der Waals surface area contributed by atoms with E-state index in [1.807, 2.05) is 54.6 Å². The van der Waals surface area contributed by atoms with Crippen LogP contribution in [0.5, 0.6) is 11.5 Å².